The van der Waals surface area contributed by atoms with E-state index in [0.29, 0.717) is 43.7 Å². The largest absolute Gasteiger partial charge is 0.464 e. The fraction of sp³-hybridized carbons (Fsp3) is 0.476. The molecule has 1 atom stereocenters. The first-order chi connectivity index (χ1) is 13.4. The van der Waals surface area contributed by atoms with Crippen molar-refractivity contribution in [3.8, 4) is 0 Å². The Hall–Kier alpha value is -1.96. The number of hydrogen-bond acceptors (Lipinski definition) is 6. The molecule has 0 N–H and O–H groups in total. The van der Waals surface area contributed by atoms with Crippen LogP contribution in [-0.4, -0.2) is 50.5 Å². The Morgan fingerprint density at radius 1 is 1.25 bits per heavy atom. The molecule has 28 heavy (non-hydrogen) atoms. The fourth-order valence-corrected chi connectivity index (χ4v) is 5.63. The molecule has 0 spiro atoms. The molecule has 0 bridgehead atoms. The number of carbonyl (C=O) groups excluding carboxylic acids is 1. The molecule has 0 saturated heterocycles. The number of aldehydes is 1. The van der Waals surface area contributed by atoms with Crippen molar-refractivity contribution in [1.82, 2.24) is 9.80 Å². The molecule has 1 aromatic heterocycles. The lowest BCUT2D eigenvalue weighted by molar-refractivity contribution is -0.108. The van der Waals surface area contributed by atoms with E-state index in [0.717, 1.165) is 29.9 Å². The molecule has 152 valence electrons. The number of sulfone groups is 1. The number of hydrogen-bond donors (Lipinski definition) is 0. The van der Waals surface area contributed by atoms with Gasteiger partial charge in [0.2, 0.25) is 0 Å². The Morgan fingerprint density at radius 3 is 2.68 bits per heavy atom. The number of rotatable bonds is 9. The van der Waals surface area contributed by atoms with Crippen LogP contribution in [0, 0.1) is 0 Å². The van der Waals surface area contributed by atoms with Crippen LogP contribution in [0.15, 0.2) is 45.7 Å². The molecule has 1 aromatic carbocycles. The highest BCUT2D eigenvalue weighted by molar-refractivity contribution is 7.92. The van der Waals surface area contributed by atoms with Crippen molar-refractivity contribution >= 4 is 16.1 Å². The molecule has 1 aliphatic rings. The van der Waals surface area contributed by atoms with E-state index in [-0.39, 0.29) is 0 Å². The molecule has 0 saturated carbocycles. The minimum Gasteiger partial charge on any atom is -0.464 e. The van der Waals surface area contributed by atoms with Gasteiger partial charge in [-0.3, -0.25) is 4.90 Å². The summed E-state index contributed by atoms with van der Waals surface area (Å²) >= 11 is 0. The molecular formula is C21H28N2O4S. The van der Waals surface area contributed by atoms with Gasteiger partial charge in [-0.2, -0.15) is 0 Å². The lowest BCUT2D eigenvalue weighted by atomic mass is 10.1. The van der Waals surface area contributed by atoms with Crippen LogP contribution >= 0.6 is 0 Å². The predicted molar refractivity (Wildman–Crippen MR) is 108 cm³/mol. The van der Waals surface area contributed by atoms with Gasteiger partial charge < -0.3 is 14.1 Å². The SMILES string of the molecule is CN(C)Cc1cc2c(o1)CCN(C(CCCC=O)S(=O)(=O)c1ccccc1)C2. The minimum absolute atomic E-state index is 0.331. The van der Waals surface area contributed by atoms with Crippen LogP contribution in [0.1, 0.15) is 36.3 Å². The van der Waals surface area contributed by atoms with Crippen molar-refractivity contribution in [1.29, 1.82) is 0 Å². The van der Waals surface area contributed by atoms with Gasteiger partial charge >= 0.3 is 0 Å². The number of benzene rings is 1. The van der Waals surface area contributed by atoms with Crippen LogP contribution in [0.25, 0.3) is 0 Å². The first-order valence-electron chi connectivity index (χ1n) is 9.63. The van der Waals surface area contributed by atoms with Gasteiger partial charge in [-0.05, 0) is 45.1 Å². The maximum Gasteiger partial charge on any atom is 0.194 e. The Morgan fingerprint density at radius 2 is 2.00 bits per heavy atom. The smallest absolute Gasteiger partial charge is 0.194 e. The van der Waals surface area contributed by atoms with Crippen molar-refractivity contribution in [2.75, 3.05) is 20.6 Å². The highest BCUT2D eigenvalue weighted by atomic mass is 32.2. The summed E-state index contributed by atoms with van der Waals surface area (Å²) in [7, 11) is 0.454. The van der Waals surface area contributed by atoms with Crippen molar-refractivity contribution in [2.24, 2.45) is 0 Å². The molecule has 3 rings (SSSR count). The lowest BCUT2D eigenvalue weighted by Crippen LogP contribution is -2.43. The van der Waals surface area contributed by atoms with Crippen molar-refractivity contribution in [3.63, 3.8) is 0 Å². The average molecular weight is 405 g/mol. The summed E-state index contributed by atoms with van der Waals surface area (Å²) in [5, 5.41) is -0.643. The van der Waals surface area contributed by atoms with Crippen molar-refractivity contribution in [2.45, 2.75) is 49.0 Å². The van der Waals surface area contributed by atoms with Crippen LogP contribution in [0.5, 0.6) is 0 Å². The van der Waals surface area contributed by atoms with E-state index >= 15 is 0 Å². The number of fused-ring (bicyclic) bond motifs is 1. The van der Waals surface area contributed by atoms with Gasteiger partial charge in [0, 0.05) is 31.5 Å². The molecule has 1 unspecified atom stereocenters. The highest BCUT2D eigenvalue weighted by Crippen LogP contribution is 2.30. The third-order valence-electron chi connectivity index (χ3n) is 5.03. The van der Waals surface area contributed by atoms with E-state index in [9.17, 15) is 13.2 Å². The van der Waals surface area contributed by atoms with Crippen molar-refractivity contribution in [3.05, 3.63) is 53.5 Å². The summed E-state index contributed by atoms with van der Waals surface area (Å²) in [6, 6.07) is 10.6. The summed E-state index contributed by atoms with van der Waals surface area (Å²) in [5.74, 6) is 1.86. The number of carbonyl (C=O) groups is 1. The molecule has 0 radical (unpaired) electrons. The summed E-state index contributed by atoms with van der Waals surface area (Å²) in [5.41, 5.74) is 1.06. The number of furan rings is 1. The van der Waals surface area contributed by atoms with Gasteiger partial charge in [-0.1, -0.05) is 18.2 Å². The zero-order valence-corrected chi connectivity index (χ0v) is 17.3. The minimum atomic E-state index is -3.52. The van der Waals surface area contributed by atoms with Gasteiger partial charge in [0.05, 0.1) is 11.4 Å². The van der Waals surface area contributed by atoms with E-state index in [1.807, 2.05) is 36.0 Å². The predicted octanol–water partition coefficient (Wildman–Crippen LogP) is 2.87. The first kappa shape index (κ1) is 20.8. The van der Waals surface area contributed by atoms with Crippen LogP contribution in [-0.2, 0) is 34.1 Å². The normalized spacial score (nSPS) is 16.1. The van der Waals surface area contributed by atoms with E-state index < -0.39 is 15.2 Å². The van der Waals surface area contributed by atoms with Gasteiger partial charge in [0.25, 0.3) is 0 Å². The Labute approximate surface area is 167 Å². The Bertz CT molecular complexity index is 890. The maximum atomic E-state index is 13.3. The standard InChI is InChI=1S/C21H28N2O4S/c1-22(2)16-18-14-17-15-23(12-11-20(17)27-18)21(10-6-7-13-24)28(25,26)19-8-4-3-5-9-19/h3-5,8-9,13-14,21H,6-7,10-12,15-16H2,1-2H3. The first-order valence-corrected chi connectivity index (χ1v) is 11.2. The van der Waals surface area contributed by atoms with Crippen LogP contribution in [0.4, 0.5) is 0 Å². The molecule has 6 nitrogen and oxygen atoms in total. The molecule has 2 heterocycles. The number of nitrogens with zero attached hydrogens (tertiary/aromatic N) is 2. The Kier molecular flexibility index (Phi) is 6.69. The second kappa shape index (κ2) is 9.03. The Balaban J connectivity index is 1.85. The molecule has 0 aliphatic carbocycles. The fourth-order valence-electron chi connectivity index (χ4n) is 3.73. The molecule has 7 heteroatoms. The van der Waals surface area contributed by atoms with E-state index in [1.54, 1.807) is 24.3 Å². The van der Waals surface area contributed by atoms with Crippen molar-refractivity contribution < 1.29 is 17.6 Å². The zero-order chi connectivity index (χ0) is 20.1. The zero-order valence-electron chi connectivity index (χ0n) is 16.5. The van der Waals surface area contributed by atoms with Crippen LogP contribution < -0.4 is 0 Å². The third-order valence-corrected chi connectivity index (χ3v) is 7.21. The summed E-state index contributed by atoms with van der Waals surface area (Å²) < 4.78 is 32.6. The van der Waals surface area contributed by atoms with E-state index in [1.165, 1.54) is 0 Å². The molecule has 0 fully saturated rings. The monoisotopic (exact) mass is 404 g/mol. The molecule has 1 aliphatic heterocycles. The van der Waals surface area contributed by atoms with Gasteiger partial charge in [-0.25, -0.2) is 8.42 Å². The second-order valence-corrected chi connectivity index (χ2v) is 9.64. The van der Waals surface area contributed by atoms with Gasteiger partial charge in [-0.15, -0.1) is 0 Å². The second-order valence-electron chi connectivity index (χ2n) is 7.53. The lowest BCUT2D eigenvalue weighted by Gasteiger charge is -2.33. The topological polar surface area (TPSA) is 70.8 Å². The molecule has 2 aromatic rings. The molecular weight excluding hydrogens is 376 g/mol. The highest BCUT2D eigenvalue weighted by Gasteiger charge is 2.35. The maximum absolute atomic E-state index is 13.3. The van der Waals surface area contributed by atoms with E-state index in [4.69, 9.17) is 4.42 Å². The van der Waals surface area contributed by atoms with Crippen LogP contribution in [0.2, 0.25) is 0 Å². The summed E-state index contributed by atoms with van der Waals surface area (Å²) in [6.07, 6.45) is 2.91. The van der Waals surface area contributed by atoms with Gasteiger partial charge in [0.1, 0.15) is 23.2 Å². The molecule has 0 amide bonds. The summed E-state index contributed by atoms with van der Waals surface area (Å²) in [6.45, 7) is 1.89. The van der Waals surface area contributed by atoms with E-state index in [2.05, 4.69) is 0 Å². The van der Waals surface area contributed by atoms with Crippen LogP contribution in [0.3, 0.4) is 0 Å². The number of unbranched alkanes of at least 4 members (excludes halogenated alkanes) is 1. The quantitative estimate of drug-likeness (QED) is 0.473. The average Bonchev–Trinajstić information content (AvgIpc) is 3.06. The third kappa shape index (κ3) is 4.71. The summed E-state index contributed by atoms with van der Waals surface area (Å²) in [4.78, 5) is 15.2. The van der Waals surface area contributed by atoms with Gasteiger partial charge in [0.15, 0.2) is 9.84 Å².